The van der Waals surface area contributed by atoms with Crippen LogP contribution in [0.5, 0.6) is 5.75 Å². The summed E-state index contributed by atoms with van der Waals surface area (Å²) < 4.78 is 7.05. The summed E-state index contributed by atoms with van der Waals surface area (Å²) >= 11 is 3.68. The van der Waals surface area contributed by atoms with Gasteiger partial charge in [0, 0.05) is 0 Å². The molecule has 2 aliphatic rings. The standard InChI is InChI=1S/C21H27BrO2/c1-12(2)20-15-8-18(22)19(24-11-14-6-7-14)9-17(15)21(4,5)10-16(20)13(3)23/h8-9,12,14H,6-7,10-11H2,1-5H3. The van der Waals surface area contributed by atoms with Crippen LogP contribution in [0, 0.1) is 11.8 Å². The van der Waals surface area contributed by atoms with Crippen molar-refractivity contribution in [2.45, 2.75) is 59.3 Å². The SMILES string of the molecule is CC(=O)C1=C(C(C)C)c2cc(Br)c(OCC3CC3)cc2C(C)(C)C1. The summed E-state index contributed by atoms with van der Waals surface area (Å²) in [5.74, 6) is 2.19. The van der Waals surface area contributed by atoms with Crippen molar-refractivity contribution < 1.29 is 9.53 Å². The molecule has 3 rings (SSSR count). The highest BCUT2D eigenvalue weighted by atomic mass is 79.9. The molecule has 3 heteroatoms. The van der Waals surface area contributed by atoms with Gasteiger partial charge >= 0.3 is 0 Å². The molecule has 1 saturated carbocycles. The third-order valence-corrected chi connectivity index (χ3v) is 5.83. The number of Topliss-reactive ketones (excluding diaryl/α,β-unsaturated/α-hetero) is 1. The maximum Gasteiger partial charge on any atom is 0.156 e. The molecule has 1 aromatic rings. The first-order valence-corrected chi connectivity index (χ1v) is 9.71. The Labute approximate surface area is 153 Å². The summed E-state index contributed by atoms with van der Waals surface area (Å²) in [5, 5.41) is 0. The summed E-state index contributed by atoms with van der Waals surface area (Å²) in [6.45, 7) is 11.3. The molecule has 0 atom stereocenters. The van der Waals surface area contributed by atoms with Crippen molar-refractivity contribution in [2.75, 3.05) is 6.61 Å². The molecule has 0 bridgehead atoms. The molecule has 0 heterocycles. The van der Waals surface area contributed by atoms with Crippen LogP contribution in [0.1, 0.15) is 65.0 Å². The molecular weight excluding hydrogens is 364 g/mol. The lowest BCUT2D eigenvalue weighted by atomic mass is 9.67. The van der Waals surface area contributed by atoms with Crippen molar-refractivity contribution in [3.05, 3.63) is 33.3 Å². The minimum Gasteiger partial charge on any atom is -0.492 e. The van der Waals surface area contributed by atoms with Gasteiger partial charge in [-0.3, -0.25) is 4.79 Å². The molecule has 24 heavy (non-hydrogen) atoms. The highest BCUT2D eigenvalue weighted by molar-refractivity contribution is 9.10. The number of ether oxygens (including phenoxy) is 1. The Morgan fingerprint density at radius 3 is 2.54 bits per heavy atom. The van der Waals surface area contributed by atoms with Crippen LogP contribution in [0.25, 0.3) is 5.57 Å². The van der Waals surface area contributed by atoms with E-state index < -0.39 is 0 Å². The minimum atomic E-state index is -0.0624. The fraction of sp³-hybridized carbons (Fsp3) is 0.571. The molecule has 2 aliphatic carbocycles. The first-order chi connectivity index (χ1) is 11.2. The van der Waals surface area contributed by atoms with Gasteiger partial charge in [0.1, 0.15) is 5.75 Å². The van der Waals surface area contributed by atoms with Gasteiger partial charge in [-0.25, -0.2) is 0 Å². The van der Waals surface area contributed by atoms with Crippen molar-refractivity contribution in [3.8, 4) is 5.75 Å². The fourth-order valence-electron chi connectivity index (χ4n) is 3.71. The summed E-state index contributed by atoms with van der Waals surface area (Å²) in [7, 11) is 0. The molecule has 0 saturated heterocycles. The van der Waals surface area contributed by atoms with Crippen LogP contribution in [0.3, 0.4) is 0 Å². The second-order valence-electron chi connectivity index (χ2n) is 8.25. The zero-order valence-corrected chi connectivity index (χ0v) is 16.9. The molecule has 0 unspecified atom stereocenters. The topological polar surface area (TPSA) is 26.3 Å². The molecule has 0 aromatic heterocycles. The Hall–Kier alpha value is -1.09. The van der Waals surface area contributed by atoms with Crippen LogP contribution in [0.2, 0.25) is 0 Å². The van der Waals surface area contributed by atoms with Gasteiger partial charge < -0.3 is 4.74 Å². The van der Waals surface area contributed by atoms with E-state index in [2.05, 4.69) is 55.8 Å². The lowest BCUT2D eigenvalue weighted by molar-refractivity contribution is -0.113. The van der Waals surface area contributed by atoms with Gasteiger partial charge in [0.05, 0.1) is 11.1 Å². The van der Waals surface area contributed by atoms with Crippen LogP contribution in [0.15, 0.2) is 22.2 Å². The molecule has 1 aromatic carbocycles. The normalized spacial score (nSPS) is 19.5. The Bertz CT molecular complexity index is 709. The maximum absolute atomic E-state index is 12.3. The first-order valence-electron chi connectivity index (χ1n) is 8.92. The average Bonchev–Trinajstić information content (AvgIpc) is 3.28. The summed E-state index contributed by atoms with van der Waals surface area (Å²) in [6.07, 6.45) is 3.37. The van der Waals surface area contributed by atoms with Crippen LogP contribution in [-0.2, 0) is 10.2 Å². The van der Waals surface area contributed by atoms with E-state index in [9.17, 15) is 4.79 Å². The fourth-order valence-corrected chi connectivity index (χ4v) is 4.17. The van der Waals surface area contributed by atoms with Gasteiger partial charge in [0.25, 0.3) is 0 Å². The van der Waals surface area contributed by atoms with Crippen LogP contribution >= 0.6 is 15.9 Å². The van der Waals surface area contributed by atoms with Gasteiger partial charge in [0.15, 0.2) is 5.78 Å². The first kappa shape index (κ1) is 17.7. The van der Waals surface area contributed by atoms with Crippen molar-refractivity contribution in [2.24, 2.45) is 11.8 Å². The average molecular weight is 391 g/mol. The summed E-state index contributed by atoms with van der Waals surface area (Å²) in [6, 6.07) is 4.36. The number of allylic oxidation sites excluding steroid dienone is 2. The number of carbonyl (C=O) groups excluding carboxylic acids is 1. The van der Waals surface area contributed by atoms with Gasteiger partial charge in [-0.1, -0.05) is 27.7 Å². The molecule has 0 spiro atoms. The lowest BCUT2D eigenvalue weighted by Crippen LogP contribution is -2.28. The summed E-state index contributed by atoms with van der Waals surface area (Å²) in [5.41, 5.74) is 4.63. The predicted molar refractivity (Wildman–Crippen MR) is 102 cm³/mol. The van der Waals surface area contributed by atoms with E-state index in [0.717, 1.165) is 34.7 Å². The molecule has 2 nitrogen and oxygen atoms in total. The zero-order valence-electron chi connectivity index (χ0n) is 15.3. The van der Waals surface area contributed by atoms with Gasteiger partial charge in [-0.05, 0) is 93.8 Å². The Kier molecular flexibility index (Phi) is 4.67. The number of fused-ring (bicyclic) bond motifs is 1. The number of ketones is 1. The van der Waals surface area contributed by atoms with Gasteiger partial charge in [0.2, 0.25) is 0 Å². The van der Waals surface area contributed by atoms with E-state index in [-0.39, 0.29) is 11.2 Å². The number of hydrogen-bond acceptors (Lipinski definition) is 2. The smallest absolute Gasteiger partial charge is 0.156 e. The number of halogens is 1. The second-order valence-corrected chi connectivity index (χ2v) is 9.10. The molecule has 0 aliphatic heterocycles. The van der Waals surface area contributed by atoms with Crippen molar-refractivity contribution >= 4 is 27.3 Å². The van der Waals surface area contributed by atoms with Crippen molar-refractivity contribution in [1.29, 1.82) is 0 Å². The molecule has 0 amide bonds. The number of carbonyl (C=O) groups is 1. The quantitative estimate of drug-likeness (QED) is 0.623. The van der Waals surface area contributed by atoms with Crippen molar-refractivity contribution in [3.63, 3.8) is 0 Å². The third-order valence-electron chi connectivity index (χ3n) is 5.21. The lowest BCUT2D eigenvalue weighted by Gasteiger charge is -2.37. The number of benzene rings is 1. The van der Waals surface area contributed by atoms with E-state index in [1.807, 2.05) is 0 Å². The van der Waals surface area contributed by atoms with Crippen molar-refractivity contribution in [1.82, 2.24) is 0 Å². The van der Waals surface area contributed by atoms with E-state index in [4.69, 9.17) is 4.74 Å². The van der Waals surface area contributed by atoms with Crippen LogP contribution in [-0.4, -0.2) is 12.4 Å². The Morgan fingerprint density at radius 1 is 1.33 bits per heavy atom. The third kappa shape index (κ3) is 3.33. The predicted octanol–water partition coefficient (Wildman–Crippen LogP) is 5.92. The highest BCUT2D eigenvalue weighted by Crippen LogP contribution is 2.48. The van der Waals surface area contributed by atoms with E-state index in [1.165, 1.54) is 29.5 Å². The zero-order chi connectivity index (χ0) is 17.6. The van der Waals surface area contributed by atoms with Gasteiger partial charge in [-0.2, -0.15) is 0 Å². The number of rotatable bonds is 5. The van der Waals surface area contributed by atoms with E-state index >= 15 is 0 Å². The largest absolute Gasteiger partial charge is 0.492 e. The Morgan fingerprint density at radius 2 is 2.00 bits per heavy atom. The van der Waals surface area contributed by atoms with Gasteiger partial charge in [-0.15, -0.1) is 0 Å². The van der Waals surface area contributed by atoms with Crippen LogP contribution in [0.4, 0.5) is 0 Å². The molecule has 0 radical (unpaired) electrons. The van der Waals surface area contributed by atoms with E-state index in [1.54, 1.807) is 6.92 Å². The molecule has 0 N–H and O–H groups in total. The Balaban J connectivity index is 2.11. The number of hydrogen-bond donors (Lipinski definition) is 0. The van der Waals surface area contributed by atoms with E-state index in [0.29, 0.717) is 5.92 Å². The molecular formula is C21H27BrO2. The molecule has 1 fully saturated rings. The highest BCUT2D eigenvalue weighted by Gasteiger charge is 2.36. The maximum atomic E-state index is 12.3. The second kappa shape index (κ2) is 6.33. The molecule has 130 valence electrons. The van der Waals surface area contributed by atoms with Crippen LogP contribution < -0.4 is 4.74 Å². The monoisotopic (exact) mass is 390 g/mol. The minimum absolute atomic E-state index is 0.0624. The summed E-state index contributed by atoms with van der Waals surface area (Å²) in [4.78, 5) is 12.3.